The van der Waals surface area contributed by atoms with E-state index < -0.39 is 0 Å². The Morgan fingerprint density at radius 2 is 2.31 bits per heavy atom. The van der Waals surface area contributed by atoms with E-state index >= 15 is 0 Å². The van der Waals surface area contributed by atoms with Crippen LogP contribution in [0, 0.1) is 0 Å². The van der Waals surface area contributed by atoms with Crippen molar-refractivity contribution < 1.29 is 9.59 Å². The third-order valence-corrected chi connectivity index (χ3v) is 2.52. The first-order valence-electron chi connectivity index (χ1n) is 4.90. The van der Waals surface area contributed by atoms with E-state index in [9.17, 15) is 9.59 Å². The number of nitrogen functional groups attached to an aromatic ring is 1. The number of imide groups is 1. The number of hydrogen-bond donors (Lipinski definition) is 2. The van der Waals surface area contributed by atoms with Crippen molar-refractivity contribution >= 4 is 23.3 Å². The van der Waals surface area contributed by atoms with Crippen LogP contribution in [-0.4, -0.2) is 29.4 Å². The largest absolute Gasteiger partial charge is 0.384 e. The van der Waals surface area contributed by atoms with Crippen molar-refractivity contribution in [3.63, 3.8) is 0 Å². The molecule has 0 spiro atoms. The van der Waals surface area contributed by atoms with Gasteiger partial charge in [-0.1, -0.05) is 0 Å². The predicted octanol–water partition coefficient (Wildman–Crippen LogP) is -0.485. The number of carbonyl (C=O) groups excluding carboxylic acids is 2. The zero-order chi connectivity index (χ0) is 11.7. The van der Waals surface area contributed by atoms with Gasteiger partial charge in [0.25, 0.3) is 0 Å². The Kier molecular flexibility index (Phi) is 2.47. The van der Waals surface area contributed by atoms with Crippen LogP contribution < -0.4 is 16.0 Å². The maximum absolute atomic E-state index is 11.5. The molecule has 16 heavy (non-hydrogen) atoms. The molecule has 1 saturated heterocycles. The minimum absolute atomic E-state index is 0.149. The molecule has 2 rings (SSSR count). The van der Waals surface area contributed by atoms with E-state index in [1.165, 1.54) is 0 Å². The SMILES string of the molecule is CC1C(=O)NC(=O)CN1c1ccnc(N)c1. The van der Waals surface area contributed by atoms with Crippen LogP contribution in [0.2, 0.25) is 0 Å². The molecule has 1 aliphatic heterocycles. The molecule has 0 bridgehead atoms. The lowest BCUT2D eigenvalue weighted by atomic mass is 10.1. The molecule has 0 radical (unpaired) electrons. The van der Waals surface area contributed by atoms with Crippen LogP contribution in [0.15, 0.2) is 18.3 Å². The lowest BCUT2D eigenvalue weighted by Gasteiger charge is -2.33. The molecule has 1 aromatic heterocycles. The van der Waals surface area contributed by atoms with Gasteiger partial charge >= 0.3 is 0 Å². The highest BCUT2D eigenvalue weighted by Gasteiger charge is 2.30. The summed E-state index contributed by atoms with van der Waals surface area (Å²) in [5, 5.41) is 2.28. The zero-order valence-electron chi connectivity index (χ0n) is 8.80. The fourth-order valence-corrected chi connectivity index (χ4v) is 1.64. The summed E-state index contributed by atoms with van der Waals surface area (Å²) in [6.07, 6.45) is 1.55. The summed E-state index contributed by atoms with van der Waals surface area (Å²) in [6.45, 7) is 1.88. The molecule has 0 aliphatic carbocycles. The van der Waals surface area contributed by atoms with Crippen LogP contribution in [0.5, 0.6) is 0 Å². The number of nitrogens with two attached hydrogens (primary N) is 1. The standard InChI is InChI=1S/C10H12N4O2/c1-6-10(16)13-9(15)5-14(6)7-2-3-12-8(11)4-7/h2-4,6H,5H2,1H3,(H2,11,12)(H,13,15,16). The molecule has 1 fully saturated rings. The number of rotatable bonds is 1. The van der Waals surface area contributed by atoms with Crippen molar-refractivity contribution in [1.29, 1.82) is 0 Å². The molecule has 6 nitrogen and oxygen atoms in total. The number of piperazine rings is 1. The van der Waals surface area contributed by atoms with Gasteiger partial charge in [-0.25, -0.2) is 4.98 Å². The number of carbonyl (C=O) groups is 2. The van der Waals surface area contributed by atoms with Gasteiger partial charge in [-0.2, -0.15) is 0 Å². The quantitative estimate of drug-likeness (QED) is 0.624. The fourth-order valence-electron chi connectivity index (χ4n) is 1.64. The summed E-state index contributed by atoms with van der Waals surface area (Å²) in [4.78, 5) is 28.3. The summed E-state index contributed by atoms with van der Waals surface area (Å²) in [7, 11) is 0. The Hall–Kier alpha value is -2.11. The van der Waals surface area contributed by atoms with E-state index in [1.54, 1.807) is 30.2 Å². The molecular weight excluding hydrogens is 208 g/mol. The third kappa shape index (κ3) is 1.81. The monoisotopic (exact) mass is 220 g/mol. The second-order valence-electron chi connectivity index (χ2n) is 3.66. The van der Waals surface area contributed by atoms with Crippen molar-refractivity contribution in [2.45, 2.75) is 13.0 Å². The summed E-state index contributed by atoms with van der Waals surface area (Å²) >= 11 is 0. The molecule has 1 atom stereocenters. The fraction of sp³-hybridized carbons (Fsp3) is 0.300. The average molecular weight is 220 g/mol. The number of nitrogens with zero attached hydrogens (tertiary/aromatic N) is 2. The maximum Gasteiger partial charge on any atom is 0.249 e. The van der Waals surface area contributed by atoms with Crippen LogP contribution in [0.3, 0.4) is 0 Å². The van der Waals surface area contributed by atoms with Crippen molar-refractivity contribution in [2.24, 2.45) is 0 Å². The summed E-state index contributed by atoms with van der Waals surface area (Å²) in [6, 6.07) is 2.97. The minimum atomic E-state index is -0.389. The first kappa shape index (κ1) is 10.4. The molecule has 2 heterocycles. The number of pyridine rings is 1. The summed E-state index contributed by atoms with van der Waals surface area (Å²) in [5.74, 6) is -0.242. The Morgan fingerprint density at radius 3 is 3.00 bits per heavy atom. The second kappa shape index (κ2) is 3.80. The molecule has 1 aromatic rings. The molecule has 84 valence electrons. The van der Waals surface area contributed by atoms with Crippen LogP contribution in [-0.2, 0) is 9.59 Å². The van der Waals surface area contributed by atoms with Gasteiger partial charge < -0.3 is 10.6 Å². The topological polar surface area (TPSA) is 88.3 Å². The van der Waals surface area contributed by atoms with Crippen LogP contribution >= 0.6 is 0 Å². The van der Waals surface area contributed by atoms with Crippen molar-refractivity contribution in [3.8, 4) is 0 Å². The van der Waals surface area contributed by atoms with Gasteiger partial charge in [0.15, 0.2) is 0 Å². The van der Waals surface area contributed by atoms with Crippen LogP contribution in [0.25, 0.3) is 0 Å². The summed E-state index contributed by atoms with van der Waals surface area (Å²) in [5.41, 5.74) is 6.28. The number of hydrogen-bond acceptors (Lipinski definition) is 5. The van der Waals surface area contributed by atoms with E-state index in [0.29, 0.717) is 5.82 Å². The highest BCUT2D eigenvalue weighted by atomic mass is 16.2. The van der Waals surface area contributed by atoms with Gasteiger partial charge in [0.1, 0.15) is 11.9 Å². The van der Waals surface area contributed by atoms with E-state index in [0.717, 1.165) is 5.69 Å². The van der Waals surface area contributed by atoms with Crippen LogP contribution in [0.1, 0.15) is 6.92 Å². The molecule has 3 N–H and O–H groups in total. The second-order valence-corrected chi connectivity index (χ2v) is 3.66. The molecule has 1 unspecified atom stereocenters. The smallest absolute Gasteiger partial charge is 0.249 e. The van der Waals surface area contributed by atoms with Crippen molar-refractivity contribution in [2.75, 3.05) is 17.2 Å². The van der Waals surface area contributed by atoms with Gasteiger partial charge in [-0.3, -0.25) is 14.9 Å². The van der Waals surface area contributed by atoms with E-state index in [-0.39, 0.29) is 24.4 Å². The van der Waals surface area contributed by atoms with E-state index in [1.807, 2.05) is 0 Å². The lowest BCUT2D eigenvalue weighted by molar-refractivity contribution is -0.132. The van der Waals surface area contributed by atoms with Gasteiger partial charge in [-0.15, -0.1) is 0 Å². The lowest BCUT2D eigenvalue weighted by Crippen LogP contribution is -2.57. The van der Waals surface area contributed by atoms with Crippen LogP contribution in [0.4, 0.5) is 11.5 Å². The molecular formula is C10H12N4O2. The first-order valence-corrected chi connectivity index (χ1v) is 4.90. The number of aromatic nitrogens is 1. The molecule has 0 aromatic carbocycles. The highest BCUT2D eigenvalue weighted by Crippen LogP contribution is 2.19. The normalized spacial score (nSPS) is 20.8. The first-order chi connectivity index (χ1) is 7.58. The van der Waals surface area contributed by atoms with Gasteiger partial charge in [0.2, 0.25) is 11.8 Å². The van der Waals surface area contributed by atoms with Gasteiger partial charge in [-0.05, 0) is 13.0 Å². The van der Waals surface area contributed by atoms with Crippen molar-refractivity contribution in [3.05, 3.63) is 18.3 Å². The number of amides is 2. The molecule has 0 saturated carbocycles. The Morgan fingerprint density at radius 1 is 1.56 bits per heavy atom. The average Bonchev–Trinajstić information content (AvgIpc) is 2.23. The Labute approximate surface area is 92.4 Å². The van der Waals surface area contributed by atoms with E-state index in [4.69, 9.17) is 5.73 Å². The van der Waals surface area contributed by atoms with Gasteiger partial charge in [0, 0.05) is 18.0 Å². The number of anilines is 2. The molecule has 2 amide bonds. The minimum Gasteiger partial charge on any atom is -0.384 e. The molecule has 6 heteroatoms. The zero-order valence-corrected chi connectivity index (χ0v) is 8.80. The molecule has 1 aliphatic rings. The highest BCUT2D eigenvalue weighted by molar-refractivity contribution is 6.04. The van der Waals surface area contributed by atoms with E-state index in [2.05, 4.69) is 10.3 Å². The Balaban J connectivity index is 2.32. The Bertz CT molecular complexity index is 446. The number of nitrogens with one attached hydrogen (secondary N) is 1. The predicted molar refractivity (Wildman–Crippen MR) is 58.6 cm³/mol. The van der Waals surface area contributed by atoms with Gasteiger partial charge in [0.05, 0.1) is 6.54 Å². The third-order valence-electron chi connectivity index (χ3n) is 2.52. The van der Waals surface area contributed by atoms with Crippen molar-refractivity contribution in [1.82, 2.24) is 10.3 Å². The summed E-state index contributed by atoms with van der Waals surface area (Å²) < 4.78 is 0. The maximum atomic E-state index is 11.5.